The minimum Gasteiger partial charge on any atom is -0.292 e. The number of fused-ring (bicyclic) bond motifs is 7. The van der Waals surface area contributed by atoms with Gasteiger partial charge in [-0.15, -0.1) is 11.3 Å². The lowest BCUT2D eigenvalue weighted by molar-refractivity contribution is 0.767. The maximum atomic E-state index is 5.29. The van der Waals surface area contributed by atoms with Gasteiger partial charge in [-0.25, -0.2) is 4.98 Å². The maximum Gasteiger partial charge on any atom is 0.145 e. The summed E-state index contributed by atoms with van der Waals surface area (Å²) in [6.45, 7) is 0. The largest absolute Gasteiger partial charge is 0.292 e. The number of imidazole rings is 1. The lowest BCUT2D eigenvalue weighted by Crippen LogP contribution is -2.28. The molecule has 2 heterocycles. The Balaban J connectivity index is 1.11. The average molecular weight is 693 g/mol. The van der Waals surface area contributed by atoms with E-state index in [1.807, 2.05) is 11.3 Å². The van der Waals surface area contributed by atoms with E-state index in [1.54, 1.807) is 0 Å². The summed E-state index contributed by atoms with van der Waals surface area (Å²) in [6, 6.07) is 70.8. The molecule has 0 spiro atoms. The molecule has 0 radical (unpaired) electrons. The highest BCUT2D eigenvalue weighted by molar-refractivity contribution is 7.26. The Morgan fingerprint density at radius 3 is 1.89 bits per heavy atom. The molecule has 1 aliphatic carbocycles. The molecule has 0 atom stereocenters. The summed E-state index contributed by atoms with van der Waals surface area (Å²) in [5.74, 6) is 0.929. The van der Waals surface area contributed by atoms with Gasteiger partial charge < -0.3 is 0 Å². The van der Waals surface area contributed by atoms with E-state index in [0.29, 0.717) is 0 Å². The molecule has 248 valence electrons. The van der Waals surface area contributed by atoms with Crippen LogP contribution in [0.1, 0.15) is 22.3 Å². The van der Waals surface area contributed by atoms with Crippen molar-refractivity contribution in [3.63, 3.8) is 0 Å². The van der Waals surface area contributed by atoms with Crippen molar-refractivity contribution in [1.82, 2.24) is 9.55 Å². The predicted molar refractivity (Wildman–Crippen MR) is 222 cm³/mol. The topological polar surface area (TPSA) is 17.8 Å². The van der Waals surface area contributed by atoms with Crippen molar-refractivity contribution in [2.45, 2.75) is 5.41 Å². The SMILES string of the molecule is c1ccc(C2(c3ccccc3)c3ccccc3-c3ccc(-n4c(-c5ccc(-c6cccc7c6sc6ccccc67)cc5)nc5ccccc54)cc32)cc1. The van der Waals surface area contributed by atoms with Crippen LogP contribution in [-0.4, -0.2) is 9.55 Å². The molecule has 10 aromatic rings. The number of rotatable bonds is 5. The first-order valence-corrected chi connectivity index (χ1v) is 18.9. The molecular formula is C50H32N2S. The Kier molecular flexibility index (Phi) is 6.67. The molecule has 0 saturated heterocycles. The number of thiophene rings is 1. The standard InChI is InChI=1S/C50H32N2S/c1-3-14-35(15-4-1)50(36-16-5-2-6-17-36)43-22-9-7-18-39(43)40-31-30-37(32-44(40)50)52-46-24-11-10-23-45(46)51-49(52)34-28-26-33(27-29-34)38-20-13-21-42-41-19-8-12-25-47(41)53-48(38)42/h1-32H. The van der Waals surface area contributed by atoms with Gasteiger partial charge >= 0.3 is 0 Å². The third-order valence-electron chi connectivity index (χ3n) is 11.1. The van der Waals surface area contributed by atoms with Crippen LogP contribution in [0.5, 0.6) is 0 Å². The van der Waals surface area contributed by atoms with Crippen LogP contribution in [0.25, 0.3) is 70.5 Å². The van der Waals surface area contributed by atoms with E-state index < -0.39 is 5.41 Å². The van der Waals surface area contributed by atoms with Crippen LogP contribution in [0.4, 0.5) is 0 Å². The summed E-state index contributed by atoms with van der Waals surface area (Å²) in [5.41, 5.74) is 13.9. The Bertz CT molecular complexity index is 2950. The van der Waals surface area contributed by atoms with Gasteiger partial charge in [0.15, 0.2) is 0 Å². The van der Waals surface area contributed by atoms with Crippen LogP contribution in [0.2, 0.25) is 0 Å². The number of hydrogen-bond donors (Lipinski definition) is 0. The zero-order valence-electron chi connectivity index (χ0n) is 28.8. The quantitative estimate of drug-likeness (QED) is 0.176. The molecule has 0 unspecified atom stereocenters. The lowest BCUT2D eigenvalue weighted by Gasteiger charge is -2.34. The first-order chi connectivity index (χ1) is 26.3. The van der Waals surface area contributed by atoms with Crippen molar-refractivity contribution >= 4 is 42.5 Å². The van der Waals surface area contributed by atoms with Crippen molar-refractivity contribution in [1.29, 1.82) is 0 Å². The van der Waals surface area contributed by atoms with Gasteiger partial charge in [0.25, 0.3) is 0 Å². The smallest absolute Gasteiger partial charge is 0.145 e. The monoisotopic (exact) mass is 692 g/mol. The van der Waals surface area contributed by atoms with Crippen molar-refractivity contribution < 1.29 is 0 Å². The van der Waals surface area contributed by atoms with Gasteiger partial charge in [-0.1, -0.05) is 164 Å². The fourth-order valence-corrected chi connectivity index (χ4v) is 10.1. The summed E-state index contributed by atoms with van der Waals surface area (Å²) in [6.07, 6.45) is 0. The summed E-state index contributed by atoms with van der Waals surface area (Å²) < 4.78 is 5.00. The molecule has 11 rings (SSSR count). The van der Waals surface area contributed by atoms with Gasteiger partial charge in [0, 0.05) is 31.4 Å². The highest BCUT2D eigenvalue weighted by atomic mass is 32.1. The van der Waals surface area contributed by atoms with Crippen molar-refractivity contribution in [2.75, 3.05) is 0 Å². The predicted octanol–water partition coefficient (Wildman–Crippen LogP) is 13.1. The molecule has 53 heavy (non-hydrogen) atoms. The first-order valence-electron chi connectivity index (χ1n) is 18.1. The van der Waals surface area contributed by atoms with Crippen molar-refractivity contribution in [3.05, 3.63) is 216 Å². The first kappa shape index (κ1) is 30.1. The van der Waals surface area contributed by atoms with Gasteiger partial charge in [-0.3, -0.25) is 4.57 Å². The number of nitrogens with zero attached hydrogens (tertiary/aromatic N) is 2. The maximum absolute atomic E-state index is 5.29. The van der Waals surface area contributed by atoms with Gasteiger partial charge in [0.2, 0.25) is 0 Å². The van der Waals surface area contributed by atoms with Crippen LogP contribution in [-0.2, 0) is 5.41 Å². The molecule has 0 N–H and O–H groups in total. The van der Waals surface area contributed by atoms with Crippen molar-refractivity contribution in [2.24, 2.45) is 0 Å². The highest BCUT2D eigenvalue weighted by Gasteiger charge is 2.46. The zero-order valence-corrected chi connectivity index (χ0v) is 29.6. The van der Waals surface area contributed by atoms with Crippen LogP contribution >= 0.6 is 11.3 Å². The number of aromatic nitrogens is 2. The van der Waals surface area contributed by atoms with Crippen LogP contribution in [0.15, 0.2) is 194 Å². The Morgan fingerprint density at radius 1 is 0.453 bits per heavy atom. The molecule has 0 fully saturated rings. The average Bonchev–Trinajstić information content (AvgIpc) is 3.90. The molecular weight excluding hydrogens is 661 g/mol. The van der Waals surface area contributed by atoms with Crippen LogP contribution in [0.3, 0.4) is 0 Å². The summed E-state index contributed by atoms with van der Waals surface area (Å²) in [4.78, 5) is 5.29. The number of hydrogen-bond acceptors (Lipinski definition) is 2. The fourth-order valence-electron chi connectivity index (χ4n) is 8.83. The molecule has 3 heteroatoms. The second kappa shape index (κ2) is 11.7. The minimum absolute atomic E-state index is 0.476. The van der Waals surface area contributed by atoms with Crippen molar-refractivity contribution in [3.8, 4) is 39.3 Å². The zero-order chi connectivity index (χ0) is 34.9. The normalized spacial score (nSPS) is 13.1. The molecule has 1 aliphatic rings. The third kappa shape index (κ3) is 4.41. The molecule has 8 aromatic carbocycles. The fraction of sp³-hybridized carbons (Fsp3) is 0.0200. The van der Waals surface area contributed by atoms with E-state index in [-0.39, 0.29) is 0 Å². The Morgan fingerprint density at radius 2 is 1.08 bits per heavy atom. The van der Waals surface area contributed by atoms with E-state index in [9.17, 15) is 0 Å². The van der Waals surface area contributed by atoms with E-state index in [0.717, 1.165) is 28.1 Å². The van der Waals surface area contributed by atoms with Gasteiger partial charge in [0.05, 0.1) is 16.4 Å². The molecule has 0 saturated carbocycles. The van der Waals surface area contributed by atoms with E-state index >= 15 is 0 Å². The Labute approximate surface area is 311 Å². The summed E-state index contributed by atoms with van der Waals surface area (Å²) in [5, 5.41) is 2.63. The van der Waals surface area contributed by atoms with E-state index in [1.165, 1.54) is 64.7 Å². The second-order valence-electron chi connectivity index (χ2n) is 13.9. The van der Waals surface area contributed by atoms with Gasteiger partial charge in [-0.05, 0) is 74.8 Å². The summed E-state index contributed by atoms with van der Waals surface area (Å²) >= 11 is 1.87. The molecule has 2 aromatic heterocycles. The highest BCUT2D eigenvalue weighted by Crippen LogP contribution is 2.56. The Hall–Kier alpha value is -6.55. The minimum atomic E-state index is -0.476. The third-order valence-corrected chi connectivity index (χ3v) is 12.3. The van der Waals surface area contributed by atoms with Crippen LogP contribution in [0, 0.1) is 0 Å². The van der Waals surface area contributed by atoms with Crippen LogP contribution < -0.4 is 0 Å². The number of para-hydroxylation sites is 2. The molecule has 0 bridgehead atoms. The van der Waals surface area contributed by atoms with Gasteiger partial charge in [0.1, 0.15) is 5.82 Å². The van der Waals surface area contributed by atoms with E-state index in [4.69, 9.17) is 4.98 Å². The second-order valence-corrected chi connectivity index (χ2v) is 14.9. The number of benzene rings is 8. The molecule has 2 nitrogen and oxygen atoms in total. The lowest BCUT2D eigenvalue weighted by atomic mass is 9.67. The molecule has 0 aliphatic heterocycles. The van der Waals surface area contributed by atoms with E-state index in [2.05, 4.69) is 199 Å². The summed E-state index contributed by atoms with van der Waals surface area (Å²) in [7, 11) is 0. The molecule has 0 amide bonds. The van der Waals surface area contributed by atoms with Gasteiger partial charge in [-0.2, -0.15) is 0 Å².